The zero-order valence-corrected chi connectivity index (χ0v) is 15.4. The molecule has 0 atom stereocenters. The molecule has 2 heterocycles. The molecular formula is C21H25N4O+. The largest absolute Gasteiger partial charge is 0.331 e. The summed E-state index contributed by atoms with van der Waals surface area (Å²) in [5, 5.41) is 0. The van der Waals surface area contributed by atoms with Crippen molar-refractivity contribution in [2.75, 3.05) is 26.2 Å². The average molecular weight is 349 g/mol. The fraction of sp³-hybridized carbons (Fsp3) is 0.333. The Bertz CT molecular complexity index is 924. The van der Waals surface area contributed by atoms with Crippen molar-refractivity contribution in [3.05, 3.63) is 65.5 Å². The zero-order valence-electron chi connectivity index (χ0n) is 15.4. The number of carbonyl (C=O) groups is 1. The van der Waals surface area contributed by atoms with Gasteiger partial charge in [-0.2, -0.15) is 0 Å². The van der Waals surface area contributed by atoms with Crippen LogP contribution < -0.4 is 4.90 Å². The van der Waals surface area contributed by atoms with E-state index in [0.717, 1.165) is 55.1 Å². The molecule has 1 aliphatic rings. The third-order valence-corrected chi connectivity index (χ3v) is 5.41. The summed E-state index contributed by atoms with van der Waals surface area (Å²) in [6.45, 7) is 6.61. The molecule has 1 fully saturated rings. The maximum Gasteiger partial charge on any atom is 0.254 e. The predicted molar refractivity (Wildman–Crippen MR) is 102 cm³/mol. The average Bonchev–Trinajstić information content (AvgIpc) is 2.96. The lowest BCUT2D eigenvalue weighted by molar-refractivity contribution is -0.917. The monoisotopic (exact) mass is 349 g/mol. The van der Waals surface area contributed by atoms with Gasteiger partial charge in [0, 0.05) is 18.2 Å². The topological polar surface area (TPSA) is 42.6 Å². The van der Waals surface area contributed by atoms with Crippen LogP contribution in [0.1, 0.15) is 21.7 Å². The standard InChI is InChI=1S/C21H24N4O/c1-16-22-19-14-18(8-9-20(19)23(16)2)21(26)25-12-10-24(11-13-25)15-17-6-4-3-5-7-17/h3-9,14H,10-13,15H2,1-2H3/p+1. The van der Waals surface area contributed by atoms with Crippen molar-refractivity contribution in [1.29, 1.82) is 0 Å². The molecule has 4 rings (SSSR count). The Labute approximate surface area is 153 Å². The highest BCUT2D eigenvalue weighted by molar-refractivity contribution is 5.97. The minimum atomic E-state index is 0.119. The molecule has 1 N–H and O–H groups in total. The van der Waals surface area contributed by atoms with E-state index in [1.807, 2.05) is 37.1 Å². The third-order valence-electron chi connectivity index (χ3n) is 5.41. The van der Waals surface area contributed by atoms with Gasteiger partial charge in [-0.3, -0.25) is 4.79 Å². The van der Waals surface area contributed by atoms with E-state index in [4.69, 9.17) is 0 Å². The van der Waals surface area contributed by atoms with Crippen molar-refractivity contribution < 1.29 is 9.69 Å². The fourth-order valence-corrected chi connectivity index (χ4v) is 3.72. The molecule has 134 valence electrons. The van der Waals surface area contributed by atoms with Crippen molar-refractivity contribution in [3.8, 4) is 0 Å². The van der Waals surface area contributed by atoms with Crippen LogP contribution in [0.3, 0.4) is 0 Å². The molecular weight excluding hydrogens is 324 g/mol. The molecule has 0 saturated carbocycles. The SMILES string of the molecule is Cc1nc2cc(C(=O)N3CC[NH+](Cc4ccccc4)CC3)ccc2n1C. The van der Waals surface area contributed by atoms with E-state index in [0.29, 0.717) is 0 Å². The number of quaternary nitrogens is 1. The fourth-order valence-electron chi connectivity index (χ4n) is 3.72. The van der Waals surface area contributed by atoms with Gasteiger partial charge < -0.3 is 14.4 Å². The van der Waals surface area contributed by atoms with Gasteiger partial charge in [0.25, 0.3) is 5.91 Å². The number of piperazine rings is 1. The van der Waals surface area contributed by atoms with Gasteiger partial charge in [-0.1, -0.05) is 30.3 Å². The molecule has 0 radical (unpaired) electrons. The van der Waals surface area contributed by atoms with Crippen molar-refractivity contribution in [1.82, 2.24) is 14.5 Å². The third kappa shape index (κ3) is 3.22. The number of nitrogens with zero attached hydrogens (tertiary/aromatic N) is 3. The number of benzene rings is 2. The molecule has 0 spiro atoms. The highest BCUT2D eigenvalue weighted by Crippen LogP contribution is 2.17. The summed E-state index contributed by atoms with van der Waals surface area (Å²) in [6, 6.07) is 16.4. The van der Waals surface area contributed by atoms with E-state index in [-0.39, 0.29) is 5.91 Å². The molecule has 26 heavy (non-hydrogen) atoms. The Hall–Kier alpha value is -2.66. The van der Waals surface area contributed by atoms with E-state index in [9.17, 15) is 4.79 Å². The van der Waals surface area contributed by atoms with Crippen LogP contribution in [-0.4, -0.2) is 46.5 Å². The number of nitrogens with one attached hydrogen (secondary N) is 1. The molecule has 2 aromatic carbocycles. The van der Waals surface area contributed by atoms with E-state index in [1.54, 1.807) is 0 Å². The molecule has 1 amide bonds. The van der Waals surface area contributed by atoms with E-state index < -0.39 is 0 Å². The Morgan fingerprint density at radius 2 is 1.85 bits per heavy atom. The van der Waals surface area contributed by atoms with Crippen LogP contribution in [0.5, 0.6) is 0 Å². The quantitative estimate of drug-likeness (QED) is 0.777. The maximum atomic E-state index is 12.9. The molecule has 1 aliphatic heterocycles. The van der Waals surface area contributed by atoms with Gasteiger partial charge in [-0.25, -0.2) is 4.98 Å². The molecule has 5 heteroatoms. The molecule has 0 unspecified atom stereocenters. The number of carbonyl (C=O) groups excluding carboxylic acids is 1. The Morgan fingerprint density at radius 1 is 1.12 bits per heavy atom. The number of imidazole rings is 1. The van der Waals surface area contributed by atoms with Crippen molar-refractivity contribution in [2.24, 2.45) is 7.05 Å². The first-order valence-corrected chi connectivity index (χ1v) is 9.21. The lowest BCUT2D eigenvalue weighted by Gasteiger charge is -2.32. The Morgan fingerprint density at radius 3 is 2.58 bits per heavy atom. The summed E-state index contributed by atoms with van der Waals surface area (Å²) in [5.74, 6) is 1.08. The minimum absolute atomic E-state index is 0.119. The molecule has 0 aliphatic carbocycles. The van der Waals surface area contributed by atoms with Gasteiger partial charge in [0.1, 0.15) is 12.4 Å². The smallest absolute Gasteiger partial charge is 0.254 e. The second-order valence-corrected chi connectivity index (χ2v) is 7.13. The van der Waals surface area contributed by atoms with Gasteiger partial charge in [-0.15, -0.1) is 0 Å². The first kappa shape index (κ1) is 16.8. The van der Waals surface area contributed by atoms with E-state index in [1.165, 1.54) is 10.5 Å². The highest BCUT2D eigenvalue weighted by Gasteiger charge is 2.25. The number of amides is 1. The number of fused-ring (bicyclic) bond motifs is 1. The molecule has 3 aromatic rings. The predicted octanol–water partition coefficient (Wildman–Crippen LogP) is 1.42. The van der Waals surface area contributed by atoms with Crippen LogP contribution in [0.2, 0.25) is 0 Å². The number of aryl methyl sites for hydroxylation is 2. The van der Waals surface area contributed by atoms with Gasteiger partial charge >= 0.3 is 0 Å². The number of rotatable bonds is 3. The lowest BCUT2D eigenvalue weighted by atomic mass is 10.1. The first-order chi connectivity index (χ1) is 12.6. The minimum Gasteiger partial charge on any atom is -0.331 e. The van der Waals surface area contributed by atoms with Gasteiger partial charge in [0.2, 0.25) is 0 Å². The molecule has 0 bridgehead atoms. The normalized spacial score (nSPS) is 15.5. The lowest BCUT2D eigenvalue weighted by Crippen LogP contribution is -3.13. The first-order valence-electron chi connectivity index (χ1n) is 9.21. The molecule has 1 aromatic heterocycles. The Balaban J connectivity index is 1.42. The summed E-state index contributed by atoms with van der Waals surface area (Å²) >= 11 is 0. The number of hydrogen-bond donors (Lipinski definition) is 1. The van der Waals surface area contributed by atoms with Crippen LogP contribution in [0.4, 0.5) is 0 Å². The summed E-state index contributed by atoms with van der Waals surface area (Å²) in [4.78, 5) is 20.9. The summed E-state index contributed by atoms with van der Waals surface area (Å²) in [5.41, 5.74) is 4.06. The van der Waals surface area contributed by atoms with E-state index in [2.05, 4.69) is 39.9 Å². The Kier molecular flexibility index (Phi) is 4.47. The van der Waals surface area contributed by atoms with Gasteiger partial charge in [-0.05, 0) is 25.1 Å². The van der Waals surface area contributed by atoms with Crippen molar-refractivity contribution in [2.45, 2.75) is 13.5 Å². The van der Waals surface area contributed by atoms with Crippen molar-refractivity contribution >= 4 is 16.9 Å². The number of aromatic nitrogens is 2. The van der Waals surface area contributed by atoms with Crippen LogP contribution in [0.25, 0.3) is 11.0 Å². The molecule has 1 saturated heterocycles. The van der Waals surface area contributed by atoms with E-state index >= 15 is 0 Å². The maximum absolute atomic E-state index is 12.9. The second-order valence-electron chi connectivity index (χ2n) is 7.13. The molecule has 5 nitrogen and oxygen atoms in total. The van der Waals surface area contributed by atoms with Gasteiger partial charge in [0.15, 0.2) is 0 Å². The van der Waals surface area contributed by atoms with Crippen LogP contribution in [0.15, 0.2) is 48.5 Å². The zero-order chi connectivity index (χ0) is 18.1. The van der Waals surface area contributed by atoms with Crippen LogP contribution in [-0.2, 0) is 13.6 Å². The van der Waals surface area contributed by atoms with Crippen LogP contribution >= 0.6 is 0 Å². The summed E-state index contributed by atoms with van der Waals surface area (Å²) in [7, 11) is 2.00. The summed E-state index contributed by atoms with van der Waals surface area (Å²) in [6.07, 6.45) is 0. The second kappa shape index (κ2) is 6.92. The van der Waals surface area contributed by atoms with Gasteiger partial charge in [0.05, 0.1) is 37.2 Å². The van der Waals surface area contributed by atoms with Crippen molar-refractivity contribution in [3.63, 3.8) is 0 Å². The number of hydrogen-bond acceptors (Lipinski definition) is 2. The summed E-state index contributed by atoms with van der Waals surface area (Å²) < 4.78 is 2.05. The highest BCUT2D eigenvalue weighted by atomic mass is 16.2. The van der Waals surface area contributed by atoms with Crippen LogP contribution in [0, 0.1) is 6.92 Å².